The number of halogens is 2. The van der Waals surface area contributed by atoms with Crippen LogP contribution in [0.3, 0.4) is 0 Å². The molecule has 0 saturated carbocycles. The maximum atomic E-state index is 13.0. The van der Waals surface area contributed by atoms with Gasteiger partial charge in [-0.2, -0.15) is 0 Å². The number of aliphatic carboxylic acids is 1. The molecule has 3 nitrogen and oxygen atoms in total. The monoisotopic (exact) mass is 235 g/mol. The summed E-state index contributed by atoms with van der Waals surface area (Å²) < 4.78 is 26.0. The van der Waals surface area contributed by atoms with Crippen LogP contribution in [-0.2, 0) is 17.1 Å². The third-order valence-corrected chi connectivity index (χ3v) is 3.18. The predicted octanol–water partition coefficient (Wildman–Crippen LogP) is 2.58. The van der Waals surface area contributed by atoms with Crippen molar-refractivity contribution in [3.63, 3.8) is 0 Å². The molecule has 0 atom stereocenters. The summed E-state index contributed by atoms with van der Waals surface area (Å²) in [6.45, 7) is 2.32. The molecular formula is C9H11F2NO2S. The zero-order chi connectivity index (χ0) is 11.6. The minimum atomic E-state index is -2.90. The molecule has 0 amide bonds. The molecule has 0 fully saturated rings. The largest absolute Gasteiger partial charge is 0.481 e. The summed E-state index contributed by atoms with van der Waals surface area (Å²) in [5, 5.41) is 8.89. The van der Waals surface area contributed by atoms with Gasteiger partial charge in [-0.15, -0.1) is 11.3 Å². The van der Waals surface area contributed by atoms with Crippen LogP contribution in [0.1, 0.15) is 28.9 Å². The van der Waals surface area contributed by atoms with Crippen molar-refractivity contribution in [2.24, 2.45) is 0 Å². The molecule has 0 unspecified atom stereocenters. The third-order valence-electron chi connectivity index (χ3n) is 1.79. The van der Waals surface area contributed by atoms with E-state index in [1.807, 2.05) is 0 Å². The van der Waals surface area contributed by atoms with E-state index in [0.29, 0.717) is 5.01 Å². The first kappa shape index (κ1) is 12.0. The van der Waals surface area contributed by atoms with Crippen molar-refractivity contribution in [1.29, 1.82) is 0 Å². The number of rotatable bonds is 4. The van der Waals surface area contributed by atoms with Crippen LogP contribution in [0.15, 0.2) is 0 Å². The molecule has 84 valence electrons. The van der Waals surface area contributed by atoms with Gasteiger partial charge in [-0.25, -0.2) is 13.8 Å². The molecule has 1 aromatic heterocycles. The highest BCUT2D eigenvalue weighted by Gasteiger charge is 2.29. The lowest BCUT2D eigenvalue weighted by Gasteiger charge is -2.06. The van der Waals surface area contributed by atoms with E-state index in [9.17, 15) is 13.6 Å². The van der Waals surface area contributed by atoms with Crippen LogP contribution in [-0.4, -0.2) is 16.1 Å². The fourth-order valence-corrected chi connectivity index (χ4v) is 2.18. The number of nitrogens with zero attached hydrogens (tertiary/aromatic N) is 1. The Hall–Kier alpha value is -1.04. The number of thiazole rings is 1. The quantitative estimate of drug-likeness (QED) is 0.872. The smallest absolute Gasteiger partial charge is 0.303 e. The first-order chi connectivity index (χ1) is 6.80. The lowest BCUT2D eigenvalue weighted by molar-refractivity contribution is -0.136. The molecule has 1 heterocycles. The molecule has 6 heteroatoms. The SMILES string of the molecule is Cc1nc(CCC(=O)O)sc1C(C)(F)F. The Morgan fingerprint density at radius 3 is 2.60 bits per heavy atom. The van der Waals surface area contributed by atoms with Gasteiger partial charge in [0.2, 0.25) is 0 Å². The normalized spacial score (nSPS) is 11.7. The number of carboxylic acid groups (broad SMARTS) is 1. The first-order valence-corrected chi connectivity index (χ1v) is 5.18. The van der Waals surface area contributed by atoms with Crippen molar-refractivity contribution in [1.82, 2.24) is 4.98 Å². The highest BCUT2D eigenvalue weighted by Crippen LogP contribution is 2.34. The number of hydrogen-bond donors (Lipinski definition) is 1. The van der Waals surface area contributed by atoms with Crippen molar-refractivity contribution < 1.29 is 18.7 Å². The average molecular weight is 235 g/mol. The summed E-state index contributed by atoms with van der Waals surface area (Å²) in [6.07, 6.45) is 0.124. The predicted molar refractivity (Wildman–Crippen MR) is 52.4 cm³/mol. The maximum absolute atomic E-state index is 13.0. The minimum absolute atomic E-state index is 0.0807. The standard InChI is InChI=1S/C9H11F2NO2S/c1-5-8(9(2,10)11)15-6(12-5)3-4-7(13)14/h3-4H2,1-2H3,(H,13,14). The van der Waals surface area contributed by atoms with E-state index in [1.165, 1.54) is 6.92 Å². The minimum Gasteiger partial charge on any atom is -0.481 e. The molecule has 1 N–H and O–H groups in total. The Morgan fingerprint density at radius 2 is 2.20 bits per heavy atom. The van der Waals surface area contributed by atoms with Crippen LogP contribution >= 0.6 is 11.3 Å². The highest BCUT2D eigenvalue weighted by atomic mass is 32.1. The van der Waals surface area contributed by atoms with Gasteiger partial charge in [-0.3, -0.25) is 4.79 Å². The summed E-state index contributed by atoms with van der Waals surface area (Å²) in [4.78, 5) is 14.1. The third kappa shape index (κ3) is 3.23. The number of alkyl halides is 2. The van der Waals surface area contributed by atoms with E-state index < -0.39 is 11.9 Å². The van der Waals surface area contributed by atoms with Gasteiger partial charge in [0, 0.05) is 13.3 Å². The fourth-order valence-electron chi connectivity index (χ4n) is 1.18. The van der Waals surface area contributed by atoms with Gasteiger partial charge in [-0.1, -0.05) is 0 Å². The van der Waals surface area contributed by atoms with Gasteiger partial charge < -0.3 is 5.11 Å². The number of aromatic nitrogens is 1. The molecule has 0 aromatic carbocycles. The molecule has 1 aromatic rings. The van der Waals surface area contributed by atoms with Crippen molar-refractivity contribution in [2.45, 2.75) is 32.6 Å². The van der Waals surface area contributed by atoms with Crippen LogP contribution in [0.4, 0.5) is 8.78 Å². The van der Waals surface area contributed by atoms with E-state index in [1.54, 1.807) is 0 Å². The molecule has 1 rings (SSSR count). The van der Waals surface area contributed by atoms with E-state index >= 15 is 0 Å². The number of carbonyl (C=O) groups is 1. The zero-order valence-corrected chi connectivity index (χ0v) is 9.20. The summed E-state index contributed by atoms with van der Waals surface area (Å²) >= 11 is 0.884. The van der Waals surface area contributed by atoms with Crippen molar-refractivity contribution in [2.75, 3.05) is 0 Å². The van der Waals surface area contributed by atoms with Crippen LogP contribution in [0.2, 0.25) is 0 Å². The molecule has 0 aliphatic rings. The zero-order valence-electron chi connectivity index (χ0n) is 8.38. The molecule has 0 saturated heterocycles. The van der Waals surface area contributed by atoms with Gasteiger partial charge >= 0.3 is 5.97 Å². The summed E-state index contributed by atoms with van der Waals surface area (Å²) in [5.74, 6) is -3.85. The summed E-state index contributed by atoms with van der Waals surface area (Å²) in [7, 11) is 0. The topological polar surface area (TPSA) is 50.2 Å². The molecule has 0 aliphatic heterocycles. The van der Waals surface area contributed by atoms with E-state index in [0.717, 1.165) is 18.3 Å². The Morgan fingerprint density at radius 1 is 1.60 bits per heavy atom. The van der Waals surface area contributed by atoms with Gasteiger partial charge in [0.15, 0.2) is 0 Å². The number of hydrogen-bond acceptors (Lipinski definition) is 3. The Kier molecular flexibility index (Phi) is 3.38. The molecule has 0 bridgehead atoms. The van der Waals surface area contributed by atoms with E-state index in [-0.39, 0.29) is 23.4 Å². The molecule has 15 heavy (non-hydrogen) atoms. The molecular weight excluding hydrogens is 224 g/mol. The first-order valence-electron chi connectivity index (χ1n) is 4.37. The maximum Gasteiger partial charge on any atom is 0.303 e. The average Bonchev–Trinajstić information content (AvgIpc) is 2.42. The summed E-state index contributed by atoms with van der Waals surface area (Å²) in [5.41, 5.74) is 0.285. The van der Waals surface area contributed by atoms with Crippen LogP contribution in [0.5, 0.6) is 0 Å². The fraction of sp³-hybridized carbons (Fsp3) is 0.556. The second-order valence-electron chi connectivity index (χ2n) is 3.30. The summed E-state index contributed by atoms with van der Waals surface area (Å²) in [6, 6.07) is 0. The van der Waals surface area contributed by atoms with Crippen molar-refractivity contribution in [3.8, 4) is 0 Å². The molecule has 0 spiro atoms. The van der Waals surface area contributed by atoms with Crippen LogP contribution in [0.25, 0.3) is 0 Å². The Labute approximate surface area is 89.8 Å². The number of carboxylic acids is 1. The lowest BCUT2D eigenvalue weighted by atomic mass is 10.3. The van der Waals surface area contributed by atoms with Gasteiger partial charge in [0.1, 0.15) is 0 Å². The van der Waals surface area contributed by atoms with Gasteiger partial charge in [0.25, 0.3) is 5.92 Å². The second kappa shape index (κ2) is 4.22. The van der Waals surface area contributed by atoms with Crippen LogP contribution in [0, 0.1) is 6.92 Å². The lowest BCUT2D eigenvalue weighted by Crippen LogP contribution is -2.05. The second-order valence-corrected chi connectivity index (χ2v) is 4.39. The van der Waals surface area contributed by atoms with Gasteiger partial charge in [0.05, 0.1) is 22.0 Å². The highest BCUT2D eigenvalue weighted by molar-refractivity contribution is 7.11. The van der Waals surface area contributed by atoms with Crippen molar-refractivity contribution >= 4 is 17.3 Å². The molecule has 0 radical (unpaired) electrons. The molecule has 0 aliphatic carbocycles. The Balaban J connectivity index is 2.82. The van der Waals surface area contributed by atoms with Crippen molar-refractivity contribution in [3.05, 3.63) is 15.6 Å². The van der Waals surface area contributed by atoms with E-state index in [4.69, 9.17) is 5.11 Å². The Bertz CT molecular complexity index is 371. The van der Waals surface area contributed by atoms with Crippen LogP contribution < -0.4 is 0 Å². The van der Waals surface area contributed by atoms with E-state index in [2.05, 4.69) is 4.98 Å². The number of aryl methyl sites for hydroxylation is 2. The van der Waals surface area contributed by atoms with Gasteiger partial charge in [-0.05, 0) is 6.92 Å².